The fraction of sp³-hybridized carbons (Fsp3) is 0.286. The minimum absolute atomic E-state index is 0.197. The lowest BCUT2D eigenvalue weighted by atomic mass is 9.61. The first kappa shape index (κ1) is 25.4. The number of pyridine rings is 1. The molecule has 0 saturated heterocycles. The topological polar surface area (TPSA) is 76.3 Å². The number of ether oxygens (including phenoxy) is 1. The molecule has 4 heterocycles. The van der Waals surface area contributed by atoms with E-state index in [0.29, 0.717) is 25.3 Å². The molecule has 1 aliphatic carbocycles. The third-order valence-corrected chi connectivity index (χ3v) is 9.23. The molecule has 1 saturated carbocycles. The Morgan fingerprint density at radius 2 is 1.55 bits per heavy atom. The normalized spacial score (nSPS) is 22.5. The maximum atomic E-state index is 10.9. The van der Waals surface area contributed by atoms with Crippen LogP contribution in [-0.4, -0.2) is 35.4 Å². The fourth-order valence-corrected chi connectivity index (χ4v) is 7.29. The molecule has 3 aliphatic rings. The van der Waals surface area contributed by atoms with Crippen LogP contribution in [0.1, 0.15) is 55.0 Å². The molecule has 7 heteroatoms. The molecule has 0 unspecified atom stereocenters. The number of rotatable bonds is 5. The van der Waals surface area contributed by atoms with Crippen LogP contribution in [0.4, 0.5) is 0 Å². The van der Waals surface area contributed by atoms with Gasteiger partial charge in [0.2, 0.25) is 5.88 Å². The third-order valence-electron chi connectivity index (χ3n) is 9.23. The van der Waals surface area contributed by atoms with Gasteiger partial charge < -0.3 is 9.84 Å². The molecule has 1 fully saturated rings. The number of hydrogen-bond acceptors (Lipinski definition) is 6. The van der Waals surface area contributed by atoms with Crippen LogP contribution in [0.25, 0.3) is 28.1 Å². The zero-order chi connectivity index (χ0) is 28.5. The second-order valence-electron chi connectivity index (χ2n) is 12.2. The molecular formula is C35H33N5O2. The molecule has 42 heavy (non-hydrogen) atoms. The molecule has 8 rings (SSSR count). The molecule has 3 aromatic carbocycles. The fourth-order valence-electron chi connectivity index (χ4n) is 7.29. The molecule has 1 N–H and O–H groups in total. The molecule has 0 atom stereocenters. The second kappa shape index (κ2) is 9.34. The van der Waals surface area contributed by atoms with Crippen LogP contribution in [0.5, 0.6) is 5.88 Å². The first-order chi connectivity index (χ1) is 20.4. The van der Waals surface area contributed by atoms with E-state index in [9.17, 15) is 5.11 Å². The number of aliphatic hydroxyl groups is 1. The van der Waals surface area contributed by atoms with Gasteiger partial charge in [-0.15, -0.1) is 10.2 Å². The lowest BCUT2D eigenvalue weighted by Crippen LogP contribution is -2.60. The Labute approximate surface area is 245 Å². The minimum atomic E-state index is -0.663. The van der Waals surface area contributed by atoms with E-state index in [1.165, 1.54) is 16.7 Å². The van der Waals surface area contributed by atoms with E-state index in [-0.39, 0.29) is 5.54 Å². The van der Waals surface area contributed by atoms with Crippen molar-refractivity contribution in [2.45, 2.75) is 63.9 Å². The van der Waals surface area contributed by atoms with Gasteiger partial charge in [-0.1, -0.05) is 85.8 Å². The summed E-state index contributed by atoms with van der Waals surface area (Å²) >= 11 is 0. The Bertz CT molecular complexity index is 1760. The SMILES string of the molecule is CCc1nnc2n1-c1cc(-c3ccccc3)c(-c3ccc([C@]4(N5Cc6ccccc6C5)C[C@@](C)(O)C4)cc3)nc1OC2. The molecule has 210 valence electrons. The van der Waals surface area contributed by atoms with Crippen LogP contribution >= 0.6 is 0 Å². The smallest absolute Gasteiger partial charge is 0.239 e. The van der Waals surface area contributed by atoms with E-state index >= 15 is 0 Å². The maximum Gasteiger partial charge on any atom is 0.239 e. The largest absolute Gasteiger partial charge is 0.468 e. The molecule has 2 aliphatic heterocycles. The summed E-state index contributed by atoms with van der Waals surface area (Å²) in [6.07, 6.45) is 2.20. The average Bonchev–Trinajstić information content (AvgIpc) is 3.64. The van der Waals surface area contributed by atoms with E-state index in [1.807, 2.05) is 13.0 Å². The number of nitrogens with zero attached hydrogens (tertiary/aromatic N) is 5. The van der Waals surface area contributed by atoms with Crippen LogP contribution in [0.3, 0.4) is 0 Å². The van der Waals surface area contributed by atoms with Crippen molar-refractivity contribution in [2.24, 2.45) is 0 Å². The van der Waals surface area contributed by atoms with Crippen molar-refractivity contribution in [1.29, 1.82) is 0 Å². The first-order valence-corrected chi connectivity index (χ1v) is 14.8. The summed E-state index contributed by atoms with van der Waals surface area (Å²) in [6.45, 7) is 6.19. The van der Waals surface area contributed by atoms with Crippen molar-refractivity contribution < 1.29 is 9.84 Å². The van der Waals surface area contributed by atoms with Gasteiger partial charge in [-0.05, 0) is 48.1 Å². The zero-order valence-corrected chi connectivity index (χ0v) is 23.9. The van der Waals surface area contributed by atoms with Crippen LogP contribution in [0.15, 0.2) is 84.9 Å². The molecule has 0 amide bonds. The Morgan fingerprint density at radius 3 is 2.21 bits per heavy atom. The van der Waals surface area contributed by atoms with Gasteiger partial charge in [0.25, 0.3) is 0 Å². The van der Waals surface area contributed by atoms with E-state index in [0.717, 1.165) is 59.2 Å². The Balaban J connectivity index is 1.21. The maximum absolute atomic E-state index is 10.9. The van der Waals surface area contributed by atoms with Gasteiger partial charge in [0.1, 0.15) is 11.5 Å². The molecule has 5 aromatic rings. The molecule has 2 aromatic heterocycles. The molecule has 0 bridgehead atoms. The van der Waals surface area contributed by atoms with Crippen LogP contribution in [0, 0.1) is 0 Å². The van der Waals surface area contributed by atoms with E-state index in [1.54, 1.807) is 0 Å². The van der Waals surface area contributed by atoms with E-state index in [4.69, 9.17) is 9.72 Å². The van der Waals surface area contributed by atoms with Gasteiger partial charge in [0.15, 0.2) is 12.4 Å². The minimum Gasteiger partial charge on any atom is -0.468 e. The average molecular weight is 556 g/mol. The van der Waals surface area contributed by atoms with Gasteiger partial charge in [-0.25, -0.2) is 4.98 Å². The van der Waals surface area contributed by atoms with E-state index < -0.39 is 5.60 Å². The van der Waals surface area contributed by atoms with Crippen molar-refractivity contribution in [1.82, 2.24) is 24.6 Å². The first-order valence-electron chi connectivity index (χ1n) is 14.8. The molecular weight excluding hydrogens is 522 g/mol. The molecule has 0 spiro atoms. The van der Waals surface area contributed by atoms with Crippen molar-refractivity contribution in [3.05, 3.63) is 113 Å². The highest BCUT2D eigenvalue weighted by molar-refractivity contribution is 5.83. The van der Waals surface area contributed by atoms with Crippen LogP contribution in [0.2, 0.25) is 0 Å². The summed E-state index contributed by atoms with van der Waals surface area (Å²) in [5, 5.41) is 19.7. The predicted octanol–water partition coefficient (Wildman–Crippen LogP) is 6.21. The van der Waals surface area contributed by atoms with Crippen molar-refractivity contribution in [3.8, 4) is 34.0 Å². The Kier molecular flexibility index (Phi) is 5.65. The monoisotopic (exact) mass is 555 g/mol. The van der Waals surface area contributed by atoms with Crippen molar-refractivity contribution >= 4 is 0 Å². The van der Waals surface area contributed by atoms with Gasteiger partial charge in [0, 0.05) is 30.6 Å². The lowest BCUT2D eigenvalue weighted by Gasteiger charge is -2.57. The highest BCUT2D eigenvalue weighted by Crippen LogP contribution is 2.54. The second-order valence-corrected chi connectivity index (χ2v) is 12.2. The quantitative estimate of drug-likeness (QED) is 0.278. The number of aromatic nitrogens is 4. The lowest BCUT2D eigenvalue weighted by molar-refractivity contribution is -0.146. The Hall–Kier alpha value is -4.33. The third kappa shape index (κ3) is 3.91. The van der Waals surface area contributed by atoms with E-state index in [2.05, 4.69) is 105 Å². The number of aryl methyl sites for hydroxylation is 1. The summed E-state index contributed by atoms with van der Waals surface area (Å²) in [7, 11) is 0. The Morgan fingerprint density at radius 1 is 0.857 bits per heavy atom. The summed E-state index contributed by atoms with van der Waals surface area (Å²) in [4.78, 5) is 7.67. The molecule has 0 radical (unpaired) electrons. The highest BCUT2D eigenvalue weighted by atomic mass is 16.5. The van der Waals surface area contributed by atoms with Crippen molar-refractivity contribution in [2.75, 3.05) is 0 Å². The molecule has 7 nitrogen and oxygen atoms in total. The summed E-state index contributed by atoms with van der Waals surface area (Å²) in [5.41, 5.74) is 8.05. The zero-order valence-electron chi connectivity index (χ0n) is 23.9. The summed E-state index contributed by atoms with van der Waals surface area (Å²) in [5.74, 6) is 2.29. The van der Waals surface area contributed by atoms with Crippen LogP contribution in [-0.2, 0) is 31.7 Å². The number of fused-ring (bicyclic) bond motifs is 4. The van der Waals surface area contributed by atoms with Crippen LogP contribution < -0.4 is 4.74 Å². The predicted molar refractivity (Wildman–Crippen MR) is 161 cm³/mol. The number of benzene rings is 3. The van der Waals surface area contributed by atoms with Gasteiger partial charge >= 0.3 is 0 Å². The van der Waals surface area contributed by atoms with Gasteiger partial charge in [-0.3, -0.25) is 9.47 Å². The standard InChI is InChI=1S/C35H33N5O2/c1-3-30-37-38-31-20-42-33-29(40(30)31)17-28(23-9-5-4-6-10-23)32(36-33)24-13-15-27(16-14-24)35(21-34(2,41)22-35)39-18-25-11-7-8-12-26(25)19-39/h4-17,41H,3,18-22H2,1-2H3/t34-,35+. The van der Waals surface area contributed by atoms with Crippen molar-refractivity contribution in [3.63, 3.8) is 0 Å². The summed E-state index contributed by atoms with van der Waals surface area (Å²) < 4.78 is 8.21. The van der Waals surface area contributed by atoms with Gasteiger partial charge in [-0.2, -0.15) is 0 Å². The number of hydrogen-bond donors (Lipinski definition) is 1. The highest BCUT2D eigenvalue weighted by Gasteiger charge is 2.56. The van der Waals surface area contributed by atoms with Gasteiger partial charge in [0.05, 0.1) is 16.8 Å². The summed E-state index contributed by atoms with van der Waals surface area (Å²) in [6, 6.07) is 30.1.